The maximum absolute atomic E-state index is 9.22. The Kier molecular flexibility index (Phi) is 3.05. The normalized spacial score (nSPS) is 13.4. The molecule has 108 valence electrons. The number of aliphatic hydroxyl groups is 1. The Hall–Kier alpha value is -2.79. The van der Waals surface area contributed by atoms with Crippen molar-refractivity contribution in [2.24, 2.45) is 0 Å². The van der Waals surface area contributed by atoms with Gasteiger partial charge in [0.15, 0.2) is 0 Å². The van der Waals surface area contributed by atoms with E-state index in [1.165, 1.54) is 0 Å². The van der Waals surface area contributed by atoms with Crippen LogP contribution >= 0.6 is 0 Å². The van der Waals surface area contributed by atoms with Gasteiger partial charge >= 0.3 is 0 Å². The molecule has 0 radical (unpaired) electrons. The summed E-state index contributed by atoms with van der Waals surface area (Å²) in [4.78, 5) is 12.8. The van der Waals surface area contributed by atoms with Gasteiger partial charge in [0.1, 0.15) is 12.1 Å². The molecule has 0 atom stereocenters. The summed E-state index contributed by atoms with van der Waals surface area (Å²) in [6.07, 6.45) is 5.52. The van der Waals surface area contributed by atoms with Gasteiger partial charge in [-0.15, -0.1) is 0 Å². The average molecular weight is 290 g/mol. The zero-order valence-electron chi connectivity index (χ0n) is 11.8. The van der Waals surface area contributed by atoms with Gasteiger partial charge in [-0.05, 0) is 35.4 Å². The summed E-state index contributed by atoms with van der Waals surface area (Å²) in [6, 6.07) is 10.0. The first-order valence-electron chi connectivity index (χ1n) is 7.10. The first-order valence-corrected chi connectivity index (χ1v) is 7.10. The van der Waals surface area contributed by atoms with Crippen molar-refractivity contribution in [1.82, 2.24) is 15.0 Å². The van der Waals surface area contributed by atoms with Crippen LogP contribution in [0.3, 0.4) is 0 Å². The Morgan fingerprint density at radius 2 is 2.14 bits per heavy atom. The smallest absolute Gasteiger partial charge is 0.134 e. The Morgan fingerprint density at radius 3 is 3.05 bits per heavy atom. The van der Waals surface area contributed by atoms with Crippen LogP contribution in [0.15, 0.2) is 48.9 Å². The van der Waals surface area contributed by atoms with E-state index in [0.717, 1.165) is 33.4 Å². The predicted octanol–water partition coefficient (Wildman–Crippen LogP) is 2.37. The summed E-state index contributed by atoms with van der Waals surface area (Å²) in [5.74, 6) is 0.813. The molecule has 22 heavy (non-hydrogen) atoms. The van der Waals surface area contributed by atoms with Crippen LogP contribution in [-0.4, -0.2) is 26.6 Å². The quantitative estimate of drug-likeness (QED) is 0.758. The molecule has 0 unspecified atom stereocenters. The van der Waals surface area contributed by atoms with Gasteiger partial charge in [-0.1, -0.05) is 12.1 Å². The topological polar surface area (TPSA) is 70.9 Å². The van der Waals surface area contributed by atoms with E-state index >= 15 is 0 Å². The molecule has 0 aliphatic carbocycles. The number of aliphatic hydroxyl groups excluding tert-OH is 1. The summed E-state index contributed by atoms with van der Waals surface area (Å²) in [5, 5.41) is 13.5. The molecule has 1 aliphatic heterocycles. The molecule has 3 aromatic rings. The highest BCUT2D eigenvalue weighted by atomic mass is 16.3. The largest absolute Gasteiger partial charge is 0.390 e. The molecule has 0 bridgehead atoms. The van der Waals surface area contributed by atoms with E-state index in [2.05, 4.69) is 38.5 Å². The second-order valence-electron chi connectivity index (χ2n) is 5.15. The second-order valence-corrected chi connectivity index (χ2v) is 5.15. The van der Waals surface area contributed by atoms with Crippen LogP contribution in [-0.2, 0) is 6.61 Å². The Labute approximate surface area is 127 Å². The fourth-order valence-corrected chi connectivity index (χ4v) is 2.72. The van der Waals surface area contributed by atoms with Crippen molar-refractivity contribution in [1.29, 1.82) is 0 Å². The number of pyridine rings is 1. The minimum absolute atomic E-state index is 0.0542. The molecule has 0 fully saturated rings. The molecule has 2 aromatic heterocycles. The van der Waals surface area contributed by atoms with Crippen LogP contribution in [0.2, 0.25) is 0 Å². The van der Waals surface area contributed by atoms with Crippen LogP contribution in [0, 0.1) is 0 Å². The number of aromatic nitrogens is 3. The van der Waals surface area contributed by atoms with Crippen molar-refractivity contribution >= 4 is 22.3 Å². The van der Waals surface area contributed by atoms with Gasteiger partial charge in [-0.2, -0.15) is 0 Å². The standard InChI is InChI=1S/C17H14N4O/c22-9-13-2-3-15-14(5-6-19-17(15)21-13)11-1-4-16-12(7-11)8-18-10-20-16/h1-5,7-8,10,22H,6,9H2,(H,19,21). The van der Waals surface area contributed by atoms with Crippen LogP contribution in [0.5, 0.6) is 0 Å². The van der Waals surface area contributed by atoms with E-state index in [9.17, 15) is 5.11 Å². The summed E-state index contributed by atoms with van der Waals surface area (Å²) in [7, 11) is 0. The van der Waals surface area contributed by atoms with E-state index in [1.807, 2.05) is 24.4 Å². The highest BCUT2D eigenvalue weighted by Gasteiger charge is 2.16. The maximum atomic E-state index is 9.22. The van der Waals surface area contributed by atoms with Crippen LogP contribution in [0.4, 0.5) is 5.82 Å². The molecule has 2 N–H and O–H groups in total. The van der Waals surface area contributed by atoms with Gasteiger partial charge < -0.3 is 10.4 Å². The van der Waals surface area contributed by atoms with Gasteiger partial charge in [-0.3, -0.25) is 0 Å². The third-order valence-electron chi connectivity index (χ3n) is 3.80. The molecule has 3 heterocycles. The third-order valence-corrected chi connectivity index (χ3v) is 3.80. The Bertz CT molecular complexity index is 889. The molecule has 5 nitrogen and oxygen atoms in total. The van der Waals surface area contributed by atoms with Crippen LogP contribution in [0.25, 0.3) is 16.5 Å². The summed E-state index contributed by atoms with van der Waals surface area (Å²) < 4.78 is 0. The van der Waals surface area contributed by atoms with E-state index in [-0.39, 0.29) is 6.61 Å². The molecular formula is C17H14N4O. The van der Waals surface area contributed by atoms with Gasteiger partial charge in [0.05, 0.1) is 17.8 Å². The first-order chi connectivity index (χ1) is 10.8. The number of nitrogens with zero attached hydrogens (tertiary/aromatic N) is 3. The summed E-state index contributed by atoms with van der Waals surface area (Å²) >= 11 is 0. The molecule has 1 aromatic carbocycles. The minimum atomic E-state index is -0.0542. The van der Waals surface area contributed by atoms with E-state index in [0.29, 0.717) is 12.2 Å². The fraction of sp³-hybridized carbons (Fsp3) is 0.118. The average Bonchev–Trinajstić information content (AvgIpc) is 2.60. The lowest BCUT2D eigenvalue weighted by atomic mass is 9.95. The molecular weight excluding hydrogens is 276 g/mol. The Morgan fingerprint density at radius 1 is 1.18 bits per heavy atom. The van der Waals surface area contributed by atoms with Crippen molar-refractivity contribution < 1.29 is 5.11 Å². The SMILES string of the molecule is OCc1ccc2c(n1)NCC=C2c1ccc2ncncc2c1. The maximum Gasteiger partial charge on any atom is 0.134 e. The fourth-order valence-electron chi connectivity index (χ4n) is 2.72. The zero-order valence-corrected chi connectivity index (χ0v) is 11.8. The monoisotopic (exact) mass is 290 g/mol. The van der Waals surface area contributed by atoms with E-state index < -0.39 is 0 Å². The van der Waals surface area contributed by atoms with Crippen molar-refractivity contribution in [3.8, 4) is 0 Å². The number of anilines is 1. The third kappa shape index (κ3) is 2.12. The minimum Gasteiger partial charge on any atom is -0.390 e. The number of hydrogen-bond donors (Lipinski definition) is 2. The number of rotatable bonds is 2. The molecule has 0 saturated heterocycles. The second kappa shape index (κ2) is 5.20. The van der Waals surface area contributed by atoms with Gasteiger partial charge in [-0.25, -0.2) is 15.0 Å². The number of nitrogens with one attached hydrogen (secondary N) is 1. The molecule has 0 amide bonds. The molecule has 4 rings (SSSR count). The van der Waals surface area contributed by atoms with Crippen LogP contribution in [0.1, 0.15) is 16.8 Å². The predicted molar refractivity (Wildman–Crippen MR) is 85.3 cm³/mol. The van der Waals surface area contributed by atoms with E-state index in [1.54, 1.807) is 6.33 Å². The number of hydrogen-bond acceptors (Lipinski definition) is 5. The van der Waals surface area contributed by atoms with Gasteiger partial charge in [0.25, 0.3) is 0 Å². The summed E-state index contributed by atoms with van der Waals surface area (Å²) in [5.41, 5.74) is 4.89. The first kappa shape index (κ1) is 12.9. The molecule has 5 heteroatoms. The van der Waals surface area contributed by atoms with Crippen LogP contribution < -0.4 is 5.32 Å². The number of fused-ring (bicyclic) bond motifs is 2. The molecule has 0 spiro atoms. The highest BCUT2D eigenvalue weighted by Crippen LogP contribution is 2.32. The lowest BCUT2D eigenvalue weighted by Gasteiger charge is -2.19. The van der Waals surface area contributed by atoms with Crippen molar-refractivity contribution in [2.75, 3.05) is 11.9 Å². The lowest BCUT2D eigenvalue weighted by molar-refractivity contribution is 0.277. The Balaban J connectivity index is 1.83. The number of benzene rings is 1. The van der Waals surface area contributed by atoms with Crippen molar-refractivity contribution in [3.05, 3.63) is 65.8 Å². The summed E-state index contributed by atoms with van der Waals surface area (Å²) in [6.45, 7) is 0.662. The molecule has 1 aliphatic rings. The zero-order chi connectivity index (χ0) is 14.9. The lowest BCUT2D eigenvalue weighted by Crippen LogP contribution is -2.11. The molecule has 0 saturated carbocycles. The van der Waals surface area contributed by atoms with Crippen molar-refractivity contribution in [3.63, 3.8) is 0 Å². The van der Waals surface area contributed by atoms with Gasteiger partial charge in [0.2, 0.25) is 0 Å². The highest BCUT2D eigenvalue weighted by molar-refractivity contribution is 5.91. The van der Waals surface area contributed by atoms with Gasteiger partial charge in [0, 0.05) is 23.7 Å². The van der Waals surface area contributed by atoms with E-state index in [4.69, 9.17) is 0 Å². The van der Waals surface area contributed by atoms with Crippen molar-refractivity contribution in [2.45, 2.75) is 6.61 Å².